The number of aromatic amines is 1. The molecule has 314 valence electrons. The highest BCUT2D eigenvalue weighted by Crippen LogP contribution is 2.24. The fourth-order valence-corrected chi connectivity index (χ4v) is 6.89. The van der Waals surface area contributed by atoms with Gasteiger partial charge in [0, 0.05) is 44.4 Å². The van der Waals surface area contributed by atoms with E-state index in [1.807, 2.05) is 56.3 Å². The van der Waals surface area contributed by atoms with E-state index < -0.39 is 41.6 Å². The van der Waals surface area contributed by atoms with Crippen LogP contribution in [0.15, 0.2) is 96.2 Å². The van der Waals surface area contributed by atoms with Crippen LogP contribution in [0.25, 0.3) is 11.1 Å². The first-order valence-electron chi connectivity index (χ1n) is 19.8. The number of phenolic OH excluding ortho intramolecular Hbond substituents is 1. The third-order valence-electron chi connectivity index (χ3n) is 9.86. The fraction of sp³-hybridized carbons (Fsp3) is 0.341. The number of nitrogen functional groups attached to an aromatic ring is 1. The van der Waals surface area contributed by atoms with Gasteiger partial charge in [0.15, 0.2) is 11.8 Å². The van der Waals surface area contributed by atoms with Gasteiger partial charge in [-0.2, -0.15) is 4.98 Å². The Labute approximate surface area is 348 Å². The van der Waals surface area contributed by atoms with Gasteiger partial charge in [-0.3, -0.25) is 9.59 Å². The number of aryl methyl sites for hydroxylation is 3. The molecule has 16 nitrogen and oxygen atoms in total. The number of hydrogen-bond acceptors (Lipinski definition) is 11. The fourth-order valence-electron chi connectivity index (χ4n) is 6.89. The minimum Gasteiger partial charge on any atom is -0.508 e. The van der Waals surface area contributed by atoms with E-state index in [0.717, 1.165) is 33.4 Å². The number of hydrogen-bond donors (Lipinski definition) is 6. The predicted octanol–water partition coefficient (Wildman–Crippen LogP) is 5.65. The minimum atomic E-state index is -1.15. The summed E-state index contributed by atoms with van der Waals surface area (Å²) in [5, 5.41) is 23.2. The first kappa shape index (κ1) is 42.6. The minimum absolute atomic E-state index is 0.0590. The highest BCUT2D eigenvalue weighted by Gasteiger charge is 2.32. The van der Waals surface area contributed by atoms with Crippen LogP contribution in [0, 0.1) is 13.8 Å². The molecule has 0 aliphatic carbocycles. The molecule has 0 spiro atoms. The Morgan fingerprint density at radius 2 is 1.62 bits per heavy atom. The van der Waals surface area contributed by atoms with Crippen LogP contribution in [-0.4, -0.2) is 70.4 Å². The smallest absolute Gasteiger partial charge is 0.408 e. The molecule has 16 heteroatoms. The number of nitrogens with two attached hydrogens (primary N) is 1. The zero-order valence-corrected chi connectivity index (χ0v) is 34.4. The molecule has 3 heterocycles. The van der Waals surface area contributed by atoms with E-state index in [1.165, 1.54) is 6.33 Å². The highest BCUT2D eigenvalue weighted by atomic mass is 16.6. The first-order chi connectivity index (χ1) is 28.7. The summed E-state index contributed by atoms with van der Waals surface area (Å²) in [6, 6.07) is 18.3. The maximum absolute atomic E-state index is 14.5. The summed E-state index contributed by atoms with van der Waals surface area (Å²) in [5.74, 6) is -0.162. The van der Waals surface area contributed by atoms with Crippen LogP contribution < -0.4 is 21.7 Å². The number of aromatic hydroxyl groups is 1. The average Bonchev–Trinajstić information content (AvgIpc) is 3.98. The molecule has 3 aromatic heterocycles. The summed E-state index contributed by atoms with van der Waals surface area (Å²) < 4.78 is 13.0. The van der Waals surface area contributed by atoms with Gasteiger partial charge >= 0.3 is 6.09 Å². The summed E-state index contributed by atoms with van der Waals surface area (Å²) in [5.41, 5.74) is 11.1. The number of carbonyl (C=O) groups excluding carboxylic acids is 3. The largest absolute Gasteiger partial charge is 0.508 e. The van der Waals surface area contributed by atoms with Crippen LogP contribution in [-0.2, 0) is 40.1 Å². The molecule has 0 fully saturated rings. The molecule has 7 N–H and O–H groups in total. The average molecular weight is 817 g/mol. The Morgan fingerprint density at radius 1 is 0.917 bits per heavy atom. The molecule has 6 rings (SSSR count). The summed E-state index contributed by atoms with van der Waals surface area (Å²) in [4.78, 5) is 57.8. The number of rotatable bonds is 17. The maximum Gasteiger partial charge on any atom is 0.408 e. The molecule has 0 bridgehead atoms. The number of anilines is 1. The van der Waals surface area contributed by atoms with Crippen molar-refractivity contribution in [3.05, 3.63) is 131 Å². The SMILES string of the molecule is Cc1cc(O)cc(C)c1C[C@H](NC(=O)[C@@H](CCCn1ccnc1N)NC(=O)OC(C)(C)C)C(=O)N[C@@H](Cc1c[nH]cn1)c1nc(Cc2ccc(-c3ccccc3)cc2)no1. The molecule has 0 aliphatic heterocycles. The van der Waals surface area contributed by atoms with E-state index in [2.05, 4.69) is 48.2 Å². The van der Waals surface area contributed by atoms with Gasteiger partial charge in [-0.05, 0) is 93.0 Å². The third-order valence-corrected chi connectivity index (χ3v) is 9.86. The molecule has 0 radical (unpaired) electrons. The van der Waals surface area contributed by atoms with Crippen molar-refractivity contribution in [1.82, 2.24) is 45.6 Å². The summed E-state index contributed by atoms with van der Waals surface area (Å²) in [7, 11) is 0. The van der Waals surface area contributed by atoms with Crippen molar-refractivity contribution in [3.8, 4) is 16.9 Å². The number of H-pyrrole nitrogens is 1. The molecule has 3 amide bonds. The lowest BCUT2D eigenvalue weighted by molar-refractivity contribution is -0.130. The Balaban J connectivity index is 1.24. The van der Waals surface area contributed by atoms with Crippen molar-refractivity contribution >= 4 is 23.9 Å². The molecule has 60 heavy (non-hydrogen) atoms. The molecule has 0 saturated carbocycles. The second kappa shape index (κ2) is 19.2. The van der Waals surface area contributed by atoms with Gasteiger partial charge in [0.1, 0.15) is 29.5 Å². The molecule has 6 aromatic rings. The highest BCUT2D eigenvalue weighted by molar-refractivity contribution is 5.91. The van der Waals surface area contributed by atoms with Crippen LogP contribution in [0.3, 0.4) is 0 Å². The monoisotopic (exact) mass is 816 g/mol. The molecule has 3 aromatic carbocycles. The Bertz CT molecular complexity index is 2330. The molecule has 0 aliphatic rings. The second-order valence-electron chi connectivity index (χ2n) is 15.8. The number of aromatic nitrogens is 6. The van der Waals surface area contributed by atoms with Crippen molar-refractivity contribution in [1.29, 1.82) is 0 Å². The normalized spacial score (nSPS) is 12.9. The maximum atomic E-state index is 14.5. The summed E-state index contributed by atoms with van der Waals surface area (Å²) in [6.07, 6.45) is 7.03. The van der Waals surface area contributed by atoms with Crippen LogP contribution in [0.5, 0.6) is 5.75 Å². The number of benzene rings is 3. The van der Waals surface area contributed by atoms with E-state index in [9.17, 15) is 19.5 Å². The van der Waals surface area contributed by atoms with Crippen LogP contribution >= 0.6 is 0 Å². The molecule has 0 unspecified atom stereocenters. The van der Waals surface area contributed by atoms with Gasteiger partial charge in [0.25, 0.3) is 0 Å². The molecular weight excluding hydrogens is 765 g/mol. The topological polar surface area (TPSA) is 228 Å². The predicted molar refractivity (Wildman–Crippen MR) is 224 cm³/mol. The zero-order chi connectivity index (χ0) is 42.8. The number of carbonyl (C=O) groups is 3. The van der Waals surface area contributed by atoms with E-state index in [1.54, 1.807) is 56.1 Å². The molecule has 0 saturated heterocycles. The Hall–Kier alpha value is -6.97. The van der Waals surface area contributed by atoms with Gasteiger partial charge in [-0.25, -0.2) is 14.8 Å². The lowest BCUT2D eigenvalue weighted by atomic mass is 9.95. The summed E-state index contributed by atoms with van der Waals surface area (Å²) in [6.45, 7) is 9.25. The van der Waals surface area contributed by atoms with Gasteiger partial charge < -0.3 is 45.6 Å². The third kappa shape index (κ3) is 11.8. The van der Waals surface area contributed by atoms with Crippen LogP contribution in [0.2, 0.25) is 0 Å². The number of imidazole rings is 2. The number of phenols is 1. The molecule has 3 atom stereocenters. The second-order valence-corrected chi connectivity index (χ2v) is 15.8. The van der Waals surface area contributed by atoms with Crippen molar-refractivity contribution in [2.24, 2.45) is 0 Å². The van der Waals surface area contributed by atoms with Crippen molar-refractivity contribution in [2.75, 3.05) is 5.73 Å². The quantitative estimate of drug-likeness (QED) is 0.0659. The Morgan fingerprint density at radius 3 is 2.27 bits per heavy atom. The van der Waals surface area contributed by atoms with Gasteiger partial charge in [0.05, 0.1) is 12.0 Å². The lowest BCUT2D eigenvalue weighted by Gasteiger charge is -2.27. The van der Waals surface area contributed by atoms with Crippen LogP contribution in [0.4, 0.5) is 10.7 Å². The lowest BCUT2D eigenvalue weighted by Crippen LogP contribution is -2.55. The number of nitrogens with one attached hydrogen (secondary N) is 4. The van der Waals surface area contributed by atoms with Crippen molar-refractivity contribution < 1.29 is 28.8 Å². The van der Waals surface area contributed by atoms with E-state index >= 15 is 0 Å². The van der Waals surface area contributed by atoms with Crippen molar-refractivity contribution in [3.63, 3.8) is 0 Å². The van der Waals surface area contributed by atoms with E-state index in [0.29, 0.717) is 36.9 Å². The van der Waals surface area contributed by atoms with Crippen molar-refractivity contribution in [2.45, 2.75) is 97.0 Å². The summed E-state index contributed by atoms with van der Waals surface area (Å²) >= 11 is 0. The Kier molecular flexibility index (Phi) is 13.6. The number of nitrogens with zero attached hydrogens (tertiary/aromatic N) is 5. The zero-order valence-electron chi connectivity index (χ0n) is 34.4. The number of ether oxygens (including phenoxy) is 1. The molecular formula is C44H52N10O6. The standard InChI is InChI=1S/C44H52N10O6/c1-27-20-33(55)21-28(2)34(27)24-36(49-39(56)35(51-43(58)59-44(3,4)5)12-9-18-54-19-17-47-42(54)45)40(57)50-37(23-32-25-46-26-48-32)41-52-38(53-60-41)22-29-13-15-31(16-14-29)30-10-7-6-8-11-30/h6-8,10-11,13-17,19-21,25-26,35-37,55H,9,12,18,22-24H2,1-5H3,(H2,45,47)(H,46,48)(H,49,56)(H,50,57)(H,51,58)/t35-,36+,37+/m1/s1. The van der Waals surface area contributed by atoms with Gasteiger partial charge in [0.2, 0.25) is 17.7 Å². The van der Waals surface area contributed by atoms with Gasteiger partial charge in [-0.1, -0.05) is 59.8 Å². The first-order valence-corrected chi connectivity index (χ1v) is 19.8. The van der Waals surface area contributed by atoms with E-state index in [4.69, 9.17) is 20.0 Å². The number of alkyl carbamates (subject to hydrolysis) is 1. The van der Waals surface area contributed by atoms with Crippen LogP contribution in [0.1, 0.15) is 79.3 Å². The van der Waals surface area contributed by atoms with E-state index in [-0.39, 0.29) is 30.9 Å². The van der Waals surface area contributed by atoms with Gasteiger partial charge in [-0.15, -0.1) is 0 Å². The number of amides is 3.